The highest BCUT2D eigenvalue weighted by Crippen LogP contribution is 2.29. The molecule has 2 aromatic rings. The van der Waals surface area contributed by atoms with E-state index in [9.17, 15) is 35.2 Å². The van der Waals surface area contributed by atoms with E-state index in [4.69, 9.17) is 0 Å². The molecule has 10 heteroatoms. The van der Waals surface area contributed by atoms with Gasteiger partial charge in [0.25, 0.3) is 15.9 Å². The molecule has 0 radical (unpaired) electrons. The minimum Gasteiger partial charge on any atom is -0.268 e. The standard InChI is InChI=1S/C14H8F5NO3S/c15-9-3-6-12(16)11(7-9)13(21)20-24(22,23)10-4-1-8(2-5-10)14(17,18)19/h1-7H,(H,20,21). The first-order chi connectivity index (χ1) is 11.0. The van der Waals surface area contributed by atoms with Crippen LogP contribution in [0.1, 0.15) is 15.9 Å². The maximum absolute atomic E-state index is 13.4. The number of benzene rings is 2. The summed E-state index contributed by atoms with van der Waals surface area (Å²) in [7, 11) is -4.56. The van der Waals surface area contributed by atoms with E-state index in [1.54, 1.807) is 0 Å². The van der Waals surface area contributed by atoms with Gasteiger partial charge >= 0.3 is 6.18 Å². The lowest BCUT2D eigenvalue weighted by atomic mass is 10.2. The number of carbonyl (C=O) groups excluding carboxylic acids is 1. The summed E-state index contributed by atoms with van der Waals surface area (Å²) in [5.74, 6) is -3.57. The zero-order valence-corrected chi connectivity index (χ0v) is 12.4. The first-order valence-corrected chi connectivity index (χ1v) is 7.68. The Balaban J connectivity index is 2.28. The van der Waals surface area contributed by atoms with Gasteiger partial charge in [-0.05, 0) is 42.5 Å². The minimum absolute atomic E-state index is 0.493. The van der Waals surface area contributed by atoms with Gasteiger partial charge in [0.2, 0.25) is 0 Å². The number of hydrogen-bond donors (Lipinski definition) is 1. The van der Waals surface area contributed by atoms with Crippen LogP contribution in [0.4, 0.5) is 22.0 Å². The number of halogens is 5. The van der Waals surface area contributed by atoms with E-state index in [0.717, 1.165) is 6.07 Å². The smallest absolute Gasteiger partial charge is 0.268 e. The first-order valence-electron chi connectivity index (χ1n) is 6.20. The molecule has 0 aliphatic rings. The van der Waals surface area contributed by atoms with Gasteiger partial charge in [0.1, 0.15) is 11.6 Å². The van der Waals surface area contributed by atoms with E-state index < -0.39 is 49.8 Å². The van der Waals surface area contributed by atoms with Gasteiger partial charge in [0.15, 0.2) is 0 Å². The van der Waals surface area contributed by atoms with Gasteiger partial charge in [-0.25, -0.2) is 21.9 Å². The van der Waals surface area contributed by atoms with Crippen LogP contribution in [0.15, 0.2) is 47.4 Å². The average molecular weight is 365 g/mol. The SMILES string of the molecule is O=C(NS(=O)(=O)c1ccc(C(F)(F)F)cc1)c1cc(F)ccc1F. The number of sulfonamides is 1. The molecular weight excluding hydrogens is 357 g/mol. The van der Waals surface area contributed by atoms with Crippen LogP contribution in [0.25, 0.3) is 0 Å². The normalized spacial score (nSPS) is 12.0. The van der Waals surface area contributed by atoms with E-state index in [1.807, 2.05) is 0 Å². The Morgan fingerprint density at radius 3 is 2.08 bits per heavy atom. The zero-order valence-electron chi connectivity index (χ0n) is 11.6. The van der Waals surface area contributed by atoms with Crippen LogP contribution in [0, 0.1) is 11.6 Å². The predicted molar refractivity (Wildman–Crippen MR) is 72.5 cm³/mol. The van der Waals surface area contributed by atoms with Crippen LogP contribution in [-0.4, -0.2) is 14.3 Å². The molecule has 0 fully saturated rings. The summed E-state index contributed by atoms with van der Waals surface area (Å²) < 4.78 is 89.1. The fourth-order valence-electron chi connectivity index (χ4n) is 1.73. The molecule has 2 rings (SSSR count). The van der Waals surface area contributed by atoms with Gasteiger partial charge in [-0.3, -0.25) is 4.79 Å². The molecule has 0 spiro atoms. The predicted octanol–water partition coefficient (Wildman–Crippen LogP) is 3.10. The van der Waals surface area contributed by atoms with Crippen molar-refractivity contribution >= 4 is 15.9 Å². The number of nitrogens with one attached hydrogen (secondary N) is 1. The molecule has 24 heavy (non-hydrogen) atoms. The Morgan fingerprint density at radius 1 is 0.958 bits per heavy atom. The average Bonchev–Trinajstić information content (AvgIpc) is 2.48. The van der Waals surface area contributed by atoms with Gasteiger partial charge in [-0.2, -0.15) is 13.2 Å². The second-order valence-electron chi connectivity index (χ2n) is 4.58. The van der Waals surface area contributed by atoms with Crippen molar-refractivity contribution in [3.8, 4) is 0 Å². The van der Waals surface area contributed by atoms with Gasteiger partial charge in [-0.15, -0.1) is 0 Å². The molecule has 1 N–H and O–H groups in total. The van der Waals surface area contributed by atoms with E-state index in [0.29, 0.717) is 36.4 Å². The first kappa shape index (κ1) is 17.9. The third kappa shape index (κ3) is 3.88. The summed E-state index contributed by atoms with van der Waals surface area (Å²) in [5.41, 5.74) is -1.94. The second kappa shape index (κ2) is 6.19. The highest BCUT2D eigenvalue weighted by Gasteiger charge is 2.31. The molecule has 0 saturated heterocycles. The van der Waals surface area contributed by atoms with Crippen LogP contribution in [0.3, 0.4) is 0 Å². The van der Waals surface area contributed by atoms with Crippen molar-refractivity contribution in [1.82, 2.24) is 4.72 Å². The number of hydrogen-bond acceptors (Lipinski definition) is 3. The van der Waals surface area contributed by atoms with Gasteiger partial charge in [0, 0.05) is 0 Å². The third-order valence-electron chi connectivity index (χ3n) is 2.89. The number of rotatable bonds is 3. The highest BCUT2D eigenvalue weighted by molar-refractivity contribution is 7.90. The maximum atomic E-state index is 13.4. The number of alkyl halides is 3. The molecule has 0 aliphatic carbocycles. The summed E-state index contributed by atoms with van der Waals surface area (Å²) in [6, 6.07) is 4.17. The van der Waals surface area contributed by atoms with Crippen LogP contribution < -0.4 is 4.72 Å². The summed E-state index contributed by atoms with van der Waals surface area (Å²) >= 11 is 0. The van der Waals surface area contributed by atoms with Crippen LogP contribution in [-0.2, 0) is 16.2 Å². The lowest BCUT2D eigenvalue weighted by Gasteiger charge is -2.10. The number of amides is 1. The zero-order chi connectivity index (χ0) is 18.1. The molecule has 0 atom stereocenters. The maximum Gasteiger partial charge on any atom is 0.416 e. The topological polar surface area (TPSA) is 63.2 Å². The molecule has 2 aromatic carbocycles. The quantitative estimate of drug-likeness (QED) is 0.851. The molecule has 128 valence electrons. The largest absolute Gasteiger partial charge is 0.416 e. The molecule has 1 amide bonds. The van der Waals surface area contributed by atoms with Gasteiger partial charge in [0.05, 0.1) is 16.0 Å². The lowest BCUT2D eigenvalue weighted by molar-refractivity contribution is -0.137. The molecule has 0 unspecified atom stereocenters. The monoisotopic (exact) mass is 365 g/mol. The van der Waals surface area contributed by atoms with Gasteiger partial charge < -0.3 is 0 Å². The van der Waals surface area contributed by atoms with E-state index in [2.05, 4.69) is 0 Å². The molecule has 0 bridgehead atoms. The second-order valence-corrected chi connectivity index (χ2v) is 6.26. The van der Waals surface area contributed by atoms with Crippen molar-refractivity contribution in [1.29, 1.82) is 0 Å². The Labute approximate surface area is 133 Å². The van der Waals surface area contributed by atoms with Crippen molar-refractivity contribution in [2.75, 3.05) is 0 Å². The molecule has 0 heterocycles. The summed E-state index contributed by atoms with van der Waals surface area (Å²) in [4.78, 5) is 11.1. The van der Waals surface area contributed by atoms with Crippen molar-refractivity contribution in [3.05, 3.63) is 65.2 Å². The van der Waals surface area contributed by atoms with Gasteiger partial charge in [-0.1, -0.05) is 0 Å². The summed E-state index contributed by atoms with van der Waals surface area (Å²) in [6.45, 7) is 0. The minimum atomic E-state index is -4.66. The van der Waals surface area contributed by atoms with Crippen LogP contribution >= 0.6 is 0 Å². The van der Waals surface area contributed by atoms with Crippen LogP contribution in [0.2, 0.25) is 0 Å². The molecule has 0 saturated carbocycles. The molecule has 0 aromatic heterocycles. The lowest BCUT2D eigenvalue weighted by Crippen LogP contribution is -2.31. The Kier molecular flexibility index (Phi) is 4.61. The van der Waals surface area contributed by atoms with Crippen molar-refractivity contribution in [2.45, 2.75) is 11.1 Å². The summed E-state index contributed by atoms with van der Waals surface area (Å²) in [5, 5.41) is 0. The van der Waals surface area contributed by atoms with Crippen molar-refractivity contribution in [2.24, 2.45) is 0 Å². The molecular formula is C14H8F5NO3S. The van der Waals surface area contributed by atoms with Crippen LogP contribution in [0.5, 0.6) is 0 Å². The van der Waals surface area contributed by atoms with Crippen molar-refractivity contribution in [3.63, 3.8) is 0 Å². The summed E-state index contributed by atoms with van der Waals surface area (Å²) in [6.07, 6.45) is -4.66. The van der Waals surface area contributed by atoms with E-state index in [1.165, 1.54) is 4.72 Å². The highest BCUT2D eigenvalue weighted by atomic mass is 32.2. The third-order valence-corrected chi connectivity index (χ3v) is 4.24. The van der Waals surface area contributed by atoms with E-state index in [-0.39, 0.29) is 0 Å². The van der Waals surface area contributed by atoms with E-state index >= 15 is 0 Å². The fourth-order valence-corrected chi connectivity index (χ4v) is 2.70. The molecule has 4 nitrogen and oxygen atoms in total. The molecule has 0 aliphatic heterocycles. The Bertz CT molecular complexity index is 876. The fraction of sp³-hybridized carbons (Fsp3) is 0.0714. The van der Waals surface area contributed by atoms with Crippen molar-refractivity contribution < 1.29 is 35.2 Å². The Hall–Kier alpha value is -2.49. The Morgan fingerprint density at radius 2 is 1.54 bits per heavy atom. The number of carbonyl (C=O) groups is 1.